The first kappa shape index (κ1) is 25.0. The van der Waals surface area contributed by atoms with Gasteiger partial charge in [-0.1, -0.05) is 57.2 Å². The molecule has 1 atom stereocenters. The summed E-state index contributed by atoms with van der Waals surface area (Å²) < 4.78 is 5.31. The van der Waals surface area contributed by atoms with E-state index in [1.165, 1.54) is 12.0 Å². The molecule has 180 valence electrons. The Kier molecular flexibility index (Phi) is 7.39. The average Bonchev–Trinajstić information content (AvgIpc) is 3.06. The maximum Gasteiger partial charge on any atom is 0.328 e. The molecule has 3 rings (SSSR count). The monoisotopic (exact) mass is 465 g/mol. The van der Waals surface area contributed by atoms with E-state index in [9.17, 15) is 19.2 Å². The Morgan fingerprint density at radius 3 is 2.38 bits per heavy atom. The largest absolute Gasteiger partial charge is 0.495 e. The second-order valence-electron chi connectivity index (χ2n) is 9.41. The maximum absolute atomic E-state index is 13.4. The summed E-state index contributed by atoms with van der Waals surface area (Å²) >= 11 is 0. The SMILES string of the molecule is COc1ccc(C)cc1NC(=O)C(C(=O)C(C)(C)C)N1C(=O)CN(CCc2ccccc2)C1=O. The number of ether oxygens (including phenoxy) is 1. The molecular formula is C26H31N3O5. The summed E-state index contributed by atoms with van der Waals surface area (Å²) in [4.78, 5) is 55.0. The van der Waals surface area contributed by atoms with Crippen LogP contribution in [-0.4, -0.2) is 59.7 Å². The van der Waals surface area contributed by atoms with Crippen molar-refractivity contribution in [1.29, 1.82) is 0 Å². The van der Waals surface area contributed by atoms with E-state index in [1.54, 1.807) is 32.9 Å². The third-order valence-corrected chi connectivity index (χ3v) is 5.69. The minimum Gasteiger partial charge on any atom is -0.495 e. The molecule has 0 saturated carbocycles. The minimum atomic E-state index is -1.59. The number of hydrogen-bond acceptors (Lipinski definition) is 5. The lowest BCUT2D eigenvalue weighted by atomic mass is 9.85. The number of carbonyl (C=O) groups is 4. The standard InChI is InChI=1S/C26H31N3O5/c1-17-11-12-20(34-5)19(15-17)27-24(32)22(23(31)26(2,3)4)29-21(30)16-28(25(29)33)14-13-18-9-7-6-8-10-18/h6-12,15,22H,13-14,16H2,1-5H3,(H,27,32). The van der Waals surface area contributed by atoms with Crippen LogP contribution in [0.25, 0.3) is 0 Å². The van der Waals surface area contributed by atoms with E-state index in [4.69, 9.17) is 4.74 Å². The summed E-state index contributed by atoms with van der Waals surface area (Å²) in [7, 11) is 1.47. The molecule has 1 saturated heterocycles. The lowest BCUT2D eigenvalue weighted by Gasteiger charge is -2.29. The van der Waals surface area contributed by atoms with Crippen molar-refractivity contribution in [3.8, 4) is 5.75 Å². The number of urea groups is 1. The van der Waals surface area contributed by atoms with Gasteiger partial charge in [-0.25, -0.2) is 9.69 Å². The highest BCUT2D eigenvalue weighted by Crippen LogP contribution is 2.28. The van der Waals surface area contributed by atoms with Crippen molar-refractivity contribution in [1.82, 2.24) is 9.80 Å². The van der Waals surface area contributed by atoms with Crippen LogP contribution in [0.3, 0.4) is 0 Å². The summed E-state index contributed by atoms with van der Waals surface area (Å²) in [5.74, 6) is -1.45. The van der Waals surface area contributed by atoms with Gasteiger partial charge in [-0.05, 0) is 36.6 Å². The van der Waals surface area contributed by atoms with Crippen LogP contribution < -0.4 is 10.1 Å². The third kappa shape index (κ3) is 5.44. The second-order valence-corrected chi connectivity index (χ2v) is 9.41. The van der Waals surface area contributed by atoms with Gasteiger partial charge < -0.3 is 15.0 Å². The molecule has 0 radical (unpaired) electrons. The number of nitrogens with zero attached hydrogens (tertiary/aromatic N) is 2. The number of Topliss-reactive ketones (excluding diaryl/α,β-unsaturated/α-hetero) is 1. The third-order valence-electron chi connectivity index (χ3n) is 5.69. The van der Waals surface area contributed by atoms with Crippen LogP contribution in [0.2, 0.25) is 0 Å². The first-order valence-electron chi connectivity index (χ1n) is 11.2. The Hall–Kier alpha value is -3.68. The number of ketones is 1. The number of nitrogens with one attached hydrogen (secondary N) is 1. The van der Waals surface area contributed by atoms with Crippen LogP contribution in [0, 0.1) is 12.3 Å². The van der Waals surface area contributed by atoms with Crippen molar-refractivity contribution in [3.63, 3.8) is 0 Å². The molecule has 0 aromatic heterocycles. The van der Waals surface area contributed by atoms with Gasteiger partial charge in [0.2, 0.25) is 0 Å². The van der Waals surface area contributed by atoms with Gasteiger partial charge in [0.25, 0.3) is 11.8 Å². The number of methoxy groups -OCH3 is 1. The Morgan fingerprint density at radius 2 is 1.76 bits per heavy atom. The second kappa shape index (κ2) is 10.1. The van der Waals surface area contributed by atoms with Gasteiger partial charge in [-0.15, -0.1) is 0 Å². The molecule has 1 unspecified atom stereocenters. The zero-order valence-corrected chi connectivity index (χ0v) is 20.3. The van der Waals surface area contributed by atoms with Crippen LogP contribution in [0.5, 0.6) is 5.75 Å². The van der Waals surface area contributed by atoms with Gasteiger partial charge >= 0.3 is 6.03 Å². The van der Waals surface area contributed by atoms with Crippen LogP contribution in [-0.2, 0) is 20.8 Å². The molecule has 8 heteroatoms. The number of carbonyl (C=O) groups excluding carboxylic acids is 4. The zero-order chi connectivity index (χ0) is 25.0. The Labute approximate surface area is 199 Å². The Balaban J connectivity index is 1.87. The zero-order valence-electron chi connectivity index (χ0n) is 20.3. The molecular weight excluding hydrogens is 434 g/mol. The van der Waals surface area contributed by atoms with E-state index in [0.717, 1.165) is 16.0 Å². The summed E-state index contributed by atoms with van der Waals surface area (Å²) in [6.45, 7) is 6.93. The van der Waals surface area contributed by atoms with E-state index < -0.39 is 35.1 Å². The molecule has 0 aliphatic carbocycles. The molecule has 0 spiro atoms. The van der Waals surface area contributed by atoms with Crippen molar-refractivity contribution in [2.75, 3.05) is 25.5 Å². The number of amides is 4. The van der Waals surface area contributed by atoms with Crippen molar-refractivity contribution in [2.45, 2.75) is 40.2 Å². The fourth-order valence-electron chi connectivity index (χ4n) is 3.79. The summed E-state index contributed by atoms with van der Waals surface area (Å²) in [6, 6.07) is 12.6. The fraction of sp³-hybridized carbons (Fsp3) is 0.385. The van der Waals surface area contributed by atoms with E-state index in [2.05, 4.69) is 5.32 Å². The molecule has 4 amide bonds. The highest BCUT2D eigenvalue weighted by Gasteiger charge is 2.49. The highest BCUT2D eigenvalue weighted by atomic mass is 16.5. The van der Waals surface area contributed by atoms with Gasteiger partial charge in [0, 0.05) is 12.0 Å². The molecule has 1 heterocycles. The first-order valence-corrected chi connectivity index (χ1v) is 11.2. The van der Waals surface area contributed by atoms with E-state index >= 15 is 0 Å². The van der Waals surface area contributed by atoms with Crippen molar-refractivity contribution < 1.29 is 23.9 Å². The lowest BCUT2D eigenvalue weighted by Crippen LogP contribution is -2.55. The molecule has 2 aromatic carbocycles. The van der Waals surface area contributed by atoms with Crippen LogP contribution in [0.1, 0.15) is 31.9 Å². The number of imide groups is 1. The predicted molar refractivity (Wildman–Crippen MR) is 129 cm³/mol. The molecule has 1 fully saturated rings. The summed E-state index contributed by atoms with van der Waals surface area (Å²) in [5.41, 5.74) is 1.29. The number of aryl methyl sites for hydroxylation is 1. The molecule has 1 aliphatic heterocycles. The van der Waals surface area contributed by atoms with Gasteiger partial charge in [-0.3, -0.25) is 14.4 Å². The van der Waals surface area contributed by atoms with Gasteiger partial charge in [0.1, 0.15) is 12.3 Å². The molecule has 8 nitrogen and oxygen atoms in total. The molecule has 1 aliphatic rings. The normalized spacial score (nSPS) is 14.9. The quantitative estimate of drug-likeness (QED) is 0.476. The van der Waals surface area contributed by atoms with Crippen LogP contribution in [0.4, 0.5) is 10.5 Å². The Morgan fingerprint density at radius 1 is 1.09 bits per heavy atom. The smallest absolute Gasteiger partial charge is 0.328 e. The highest BCUT2D eigenvalue weighted by molar-refractivity contribution is 6.19. The fourth-order valence-corrected chi connectivity index (χ4v) is 3.79. The molecule has 34 heavy (non-hydrogen) atoms. The van der Waals surface area contributed by atoms with Crippen LogP contribution >= 0.6 is 0 Å². The average molecular weight is 466 g/mol. The number of benzene rings is 2. The Bertz CT molecular complexity index is 1090. The topological polar surface area (TPSA) is 96.0 Å². The van der Waals surface area contributed by atoms with Gasteiger partial charge in [0.05, 0.1) is 12.8 Å². The van der Waals surface area contributed by atoms with E-state index in [0.29, 0.717) is 24.4 Å². The van der Waals surface area contributed by atoms with Gasteiger partial charge in [-0.2, -0.15) is 0 Å². The predicted octanol–water partition coefficient (Wildman–Crippen LogP) is 3.43. The van der Waals surface area contributed by atoms with E-state index in [1.807, 2.05) is 43.3 Å². The summed E-state index contributed by atoms with van der Waals surface area (Å²) in [5, 5.41) is 2.70. The van der Waals surface area contributed by atoms with Crippen molar-refractivity contribution >= 4 is 29.3 Å². The number of hydrogen-bond donors (Lipinski definition) is 1. The molecule has 1 N–H and O–H groups in total. The van der Waals surface area contributed by atoms with Crippen LogP contribution in [0.15, 0.2) is 48.5 Å². The maximum atomic E-state index is 13.4. The summed E-state index contributed by atoms with van der Waals surface area (Å²) in [6.07, 6.45) is 0.554. The number of anilines is 1. The van der Waals surface area contributed by atoms with Gasteiger partial charge in [0.15, 0.2) is 11.8 Å². The number of rotatable bonds is 8. The van der Waals surface area contributed by atoms with Crippen molar-refractivity contribution in [2.24, 2.45) is 5.41 Å². The minimum absolute atomic E-state index is 0.180. The molecule has 0 bridgehead atoms. The first-order chi connectivity index (χ1) is 16.0. The molecule has 2 aromatic rings. The van der Waals surface area contributed by atoms with Crippen molar-refractivity contribution in [3.05, 3.63) is 59.7 Å². The van der Waals surface area contributed by atoms with E-state index in [-0.39, 0.29) is 6.54 Å². The lowest BCUT2D eigenvalue weighted by molar-refractivity contribution is -0.143.